The molecule has 3 amide bonds. The molecule has 42 heavy (non-hydrogen) atoms. The molecule has 16 nitrogen and oxygen atoms in total. The van der Waals surface area contributed by atoms with Crippen molar-refractivity contribution >= 4 is 23.5 Å². The lowest BCUT2D eigenvalue weighted by Gasteiger charge is -2.09. The van der Waals surface area contributed by atoms with Crippen LogP contribution in [0.5, 0.6) is 0 Å². The highest BCUT2D eigenvalue weighted by atomic mass is 16.5. The van der Waals surface area contributed by atoms with E-state index in [0.717, 1.165) is 6.54 Å². The molecule has 4 N–H and O–H groups in total. The van der Waals surface area contributed by atoms with Gasteiger partial charge in [0, 0.05) is 26.2 Å². The average molecular weight is 611 g/mol. The fourth-order valence-electron chi connectivity index (χ4n) is 2.71. The number of likely N-dealkylation sites (N-methyl/N-ethyl adjacent to an activating group) is 1. The van der Waals surface area contributed by atoms with Crippen molar-refractivity contribution in [1.82, 2.24) is 21.3 Å². The van der Waals surface area contributed by atoms with Gasteiger partial charge in [0.15, 0.2) is 5.78 Å². The molecule has 0 aromatic heterocycles. The first-order chi connectivity index (χ1) is 20.5. The van der Waals surface area contributed by atoms with Crippen LogP contribution in [0, 0.1) is 0 Å². The highest BCUT2D eigenvalue weighted by Gasteiger charge is 2.04. The van der Waals surface area contributed by atoms with Crippen molar-refractivity contribution < 1.29 is 57.1 Å². The molecular weight excluding hydrogens is 560 g/mol. The van der Waals surface area contributed by atoms with Gasteiger partial charge in [0.1, 0.15) is 26.4 Å². The van der Waals surface area contributed by atoms with E-state index in [4.69, 9.17) is 37.9 Å². The predicted molar refractivity (Wildman–Crippen MR) is 150 cm³/mol. The zero-order valence-electron chi connectivity index (χ0n) is 25.0. The van der Waals surface area contributed by atoms with E-state index in [1.807, 2.05) is 7.05 Å². The number of hydrogen-bond donors (Lipinski definition) is 4. The fraction of sp³-hybridized carbons (Fsp3) is 0.846. The first-order valence-corrected chi connectivity index (χ1v) is 14.0. The van der Waals surface area contributed by atoms with Gasteiger partial charge in [0.05, 0.1) is 79.3 Å². The van der Waals surface area contributed by atoms with Gasteiger partial charge in [0.25, 0.3) is 0 Å². The van der Waals surface area contributed by atoms with Crippen molar-refractivity contribution in [3.8, 4) is 0 Å². The molecule has 16 heteroatoms. The van der Waals surface area contributed by atoms with Gasteiger partial charge in [-0.05, 0) is 14.0 Å². The van der Waals surface area contributed by atoms with Crippen molar-refractivity contribution in [2.45, 2.75) is 6.92 Å². The molecule has 0 fully saturated rings. The van der Waals surface area contributed by atoms with E-state index in [9.17, 15) is 19.2 Å². The summed E-state index contributed by atoms with van der Waals surface area (Å²) in [6.45, 7) is 7.06. The molecule has 0 aromatic carbocycles. The van der Waals surface area contributed by atoms with Crippen LogP contribution in [0.1, 0.15) is 6.92 Å². The zero-order valence-corrected chi connectivity index (χ0v) is 25.0. The van der Waals surface area contributed by atoms with Crippen LogP contribution in [-0.2, 0) is 57.1 Å². The smallest absolute Gasteiger partial charge is 0.246 e. The Hall–Kier alpha value is -2.28. The van der Waals surface area contributed by atoms with Gasteiger partial charge in [-0.3, -0.25) is 19.2 Å². The molecule has 0 saturated heterocycles. The van der Waals surface area contributed by atoms with Crippen LogP contribution in [0.25, 0.3) is 0 Å². The molecule has 0 aliphatic heterocycles. The van der Waals surface area contributed by atoms with Crippen LogP contribution >= 0.6 is 0 Å². The summed E-state index contributed by atoms with van der Waals surface area (Å²) >= 11 is 0. The summed E-state index contributed by atoms with van der Waals surface area (Å²) in [5, 5.41) is 10.9. The molecule has 0 rings (SSSR count). The Labute approximate surface area is 248 Å². The summed E-state index contributed by atoms with van der Waals surface area (Å²) in [6.07, 6.45) is 0. The summed E-state index contributed by atoms with van der Waals surface area (Å²) in [7, 11) is 1.84. The molecule has 246 valence electrons. The van der Waals surface area contributed by atoms with E-state index < -0.39 is 0 Å². The zero-order chi connectivity index (χ0) is 30.9. The van der Waals surface area contributed by atoms with Crippen LogP contribution < -0.4 is 21.3 Å². The van der Waals surface area contributed by atoms with Crippen LogP contribution in [0.3, 0.4) is 0 Å². The third-order valence-corrected chi connectivity index (χ3v) is 4.69. The standard InChI is InChI=1S/C26H50N4O12/c1-23(31)19-39-15-11-36-8-4-28-25(33)21-41-17-13-38-10-6-30-26(34)22-42-18-14-37-9-5-29-24(32)20-40-16-12-35-7-3-27-2/h27H,3-22H2,1-2H3,(H,28,33)(H,29,32)(H,30,34). The van der Waals surface area contributed by atoms with Gasteiger partial charge in [-0.2, -0.15) is 0 Å². The topological polar surface area (TPSA) is 190 Å². The Morgan fingerprint density at radius 3 is 1.00 bits per heavy atom. The summed E-state index contributed by atoms with van der Waals surface area (Å²) in [5.74, 6) is -0.822. The summed E-state index contributed by atoms with van der Waals surface area (Å²) in [5.41, 5.74) is 0. The van der Waals surface area contributed by atoms with E-state index in [1.54, 1.807) is 0 Å². The van der Waals surface area contributed by atoms with Crippen molar-refractivity contribution in [2.24, 2.45) is 0 Å². The Balaban J connectivity index is 3.33. The molecule has 0 saturated carbocycles. The number of hydrogen-bond acceptors (Lipinski definition) is 13. The van der Waals surface area contributed by atoms with Crippen molar-refractivity contribution in [1.29, 1.82) is 0 Å². The minimum Gasteiger partial charge on any atom is -0.378 e. The number of carbonyl (C=O) groups excluding carboxylic acids is 4. The van der Waals surface area contributed by atoms with E-state index in [1.165, 1.54) is 6.92 Å². The monoisotopic (exact) mass is 610 g/mol. The van der Waals surface area contributed by atoms with Crippen molar-refractivity contribution in [3.63, 3.8) is 0 Å². The fourth-order valence-corrected chi connectivity index (χ4v) is 2.71. The lowest BCUT2D eigenvalue weighted by atomic mass is 10.5. The molecule has 0 heterocycles. The molecule has 0 spiro atoms. The van der Waals surface area contributed by atoms with E-state index in [0.29, 0.717) is 72.5 Å². The number of carbonyl (C=O) groups is 4. The molecule has 0 unspecified atom stereocenters. The largest absolute Gasteiger partial charge is 0.378 e. The predicted octanol–water partition coefficient (Wildman–Crippen LogP) is -2.72. The van der Waals surface area contributed by atoms with Crippen LogP contribution in [0.2, 0.25) is 0 Å². The second-order valence-corrected chi connectivity index (χ2v) is 8.52. The number of ether oxygens (including phenoxy) is 8. The van der Waals surface area contributed by atoms with Crippen LogP contribution in [0.15, 0.2) is 0 Å². The Kier molecular flexibility index (Phi) is 29.9. The van der Waals surface area contributed by atoms with Gasteiger partial charge in [-0.15, -0.1) is 0 Å². The van der Waals surface area contributed by atoms with Crippen molar-refractivity contribution in [3.05, 3.63) is 0 Å². The summed E-state index contributed by atoms with van der Waals surface area (Å²) in [6, 6.07) is 0. The Bertz CT molecular complexity index is 688. The SMILES string of the molecule is CNCCOCCOCC(=O)NCCOCCOCC(=O)NCCOCCOCC(=O)NCCOCCOCC(C)=O. The lowest BCUT2D eigenvalue weighted by molar-refractivity contribution is -0.128. The second kappa shape index (κ2) is 31.7. The molecule has 0 radical (unpaired) electrons. The summed E-state index contributed by atoms with van der Waals surface area (Å²) < 4.78 is 41.9. The van der Waals surface area contributed by atoms with Gasteiger partial charge in [-0.1, -0.05) is 0 Å². The number of amides is 3. The molecule has 0 aliphatic carbocycles. The first-order valence-electron chi connectivity index (χ1n) is 14.0. The maximum atomic E-state index is 11.7. The van der Waals surface area contributed by atoms with Crippen LogP contribution in [0.4, 0.5) is 0 Å². The van der Waals surface area contributed by atoms with Crippen molar-refractivity contribution in [2.75, 3.05) is 139 Å². The van der Waals surface area contributed by atoms with Gasteiger partial charge >= 0.3 is 0 Å². The van der Waals surface area contributed by atoms with Gasteiger partial charge < -0.3 is 59.2 Å². The summed E-state index contributed by atoms with van der Waals surface area (Å²) in [4.78, 5) is 45.7. The highest BCUT2D eigenvalue weighted by Crippen LogP contribution is 1.84. The molecule has 0 aromatic rings. The van der Waals surface area contributed by atoms with Gasteiger partial charge in [-0.25, -0.2) is 0 Å². The van der Waals surface area contributed by atoms with Crippen LogP contribution in [-0.4, -0.2) is 162 Å². The minimum absolute atomic E-state index is 0.0357. The highest BCUT2D eigenvalue weighted by molar-refractivity contribution is 5.78. The molecular formula is C26H50N4O12. The number of ketones is 1. The van der Waals surface area contributed by atoms with E-state index in [2.05, 4.69) is 21.3 Å². The third-order valence-electron chi connectivity index (χ3n) is 4.69. The molecule has 0 bridgehead atoms. The number of nitrogens with one attached hydrogen (secondary N) is 4. The van der Waals surface area contributed by atoms with E-state index >= 15 is 0 Å². The molecule has 0 aliphatic rings. The Morgan fingerprint density at radius 2 is 0.690 bits per heavy atom. The Morgan fingerprint density at radius 1 is 0.405 bits per heavy atom. The lowest BCUT2D eigenvalue weighted by Crippen LogP contribution is -2.32. The maximum Gasteiger partial charge on any atom is 0.246 e. The number of Topliss-reactive ketones (excluding diaryl/α,β-unsaturated/α-hetero) is 1. The average Bonchev–Trinajstić information content (AvgIpc) is 2.96. The quantitative estimate of drug-likeness (QED) is 0.0575. The third kappa shape index (κ3) is 32.2. The van der Waals surface area contributed by atoms with Gasteiger partial charge in [0.2, 0.25) is 17.7 Å². The molecule has 0 atom stereocenters. The second-order valence-electron chi connectivity index (χ2n) is 8.52. The first kappa shape index (κ1) is 39.7. The van der Waals surface area contributed by atoms with E-state index in [-0.39, 0.29) is 76.4 Å². The number of rotatable bonds is 32. The minimum atomic E-state index is -0.279. The maximum absolute atomic E-state index is 11.7. The normalized spacial score (nSPS) is 10.9.